The molecule has 2 heterocycles. The summed E-state index contributed by atoms with van der Waals surface area (Å²) in [6, 6.07) is 0.473. The van der Waals surface area contributed by atoms with Crippen LogP contribution in [0.5, 0.6) is 5.75 Å². The number of sulfonamides is 1. The van der Waals surface area contributed by atoms with E-state index in [0.717, 1.165) is 21.7 Å². The zero-order chi connectivity index (χ0) is 31.6. The molecule has 238 valence electrons. The number of alkyl halides is 6. The number of aromatic nitrogens is 1. The number of ether oxygens (including phenoxy) is 1. The molecule has 1 aromatic carbocycles. The van der Waals surface area contributed by atoms with Crippen LogP contribution >= 0.6 is 11.3 Å². The molecule has 2 aromatic rings. The van der Waals surface area contributed by atoms with Crippen LogP contribution in [0.3, 0.4) is 0 Å². The van der Waals surface area contributed by atoms with Crippen molar-refractivity contribution >= 4 is 33.0 Å². The summed E-state index contributed by atoms with van der Waals surface area (Å²) in [5, 5.41) is 9.31. The van der Waals surface area contributed by atoms with Gasteiger partial charge in [-0.1, -0.05) is 0 Å². The van der Waals surface area contributed by atoms with E-state index in [1.54, 1.807) is 4.90 Å². The average molecular weight is 656 g/mol. The number of carboxylic acids is 1. The number of aromatic carboxylic acids is 1. The van der Waals surface area contributed by atoms with Crippen LogP contribution in [0.4, 0.5) is 32.0 Å². The summed E-state index contributed by atoms with van der Waals surface area (Å²) < 4.78 is 121. The van der Waals surface area contributed by atoms with Crippen molar-refractivity contribution in [2.24, 2.45) is 0 Å². The van der Waals surface area contributed by atoms with Gasteiger partial charge in [0.2, 0.25) is 15.9 Å². The highest BCUT2D eigenvalue weighted by atomic mass is 32.2. The molecular formula is C27H31F6N3O5S2. The average Bonchev–Trinajstić information content (AvgIpc) is 3.37. The first kappa shape index (κ1) is 31.8. The molecule has 1 N–H and O–H groups in total. The van der Waals surface area contributed by atoms with E-state index in [4.69, 9.17) is 4.74 Å². The highest BCUT2D eigenvalue weighted by molar-refractivity contribution is 7.89. The summed E-state index contributed by atoms with van der Waals surface area (Å²) >= 11 is 0.851. The smallest absolute Gasteiger partial charge is 0.420 e. The fourth-order valence-corrected chi connectivity index (χ4v) is 8.67. The lowest BCUT2D eigenvalue weighted by molar-refractivity contribution is -0.139. The number of carboxylic acid groups (broad SMARTS) is 1. The van der Waals surface area contributed by atoms with E-state index in [0.29, 0.717) is 13.0 Å². The van der Waals surface area contributed by atoms with Gasteiger partial charge in [0.25, 0.3) is 0 Å². The second-order valence-electron chi connectivity index (χ2n) is 11.8. The SMILES string of the molecule is CN1[C@H](CCC(C)(F)F)CN(C23CCC(F)(CC2)CC3)c2cc(C(F)(F)F)c(OCc3scnc3C(=O)O)cc2S1(=O)=O. The van der Waals surface area contributed by atoms with Gasteiger partial charge in [0.05, 0.1) is 21.6 Å². The summed E-state index contributed by atoms with van der Waals surface area (Å²) in [5.41, 5.74) is -2.98. The molecule has 43 heavy (non-hydrogen) atoms. The molecule has 3 fully saturated rings. The van der Waals surface area contributed by atoms with Gasteiger partial charge in [0.15, 0.2) is 5.69 Å². The van der Waals surface area contributed by atoms with E-state index < -0.39 is 80.3 Å². The Labute approximate surface area is 248 Å². The summed E-state index contributed by atoms with van der Waals surface area (Å²) in [7, 11) is -3.33. The largest absolute Gasteiger partial charge is 0.487 e. The molecule has 1 aromatic heterocycles. The molecule has 8 nitrogen and oxygen atoms in total. The molecule has 0 unspecified atom stereocenters. The Morgan fingerprint density at radius 2 is 1.77 bits per heavy atom. The van der Waals surface area contributed by atoms with Gasteiger partial charge in [0, 0.05) is 37.7 Å². The molecule has 16 heteroatoms. The predicted molar refractivity (Wildman–Crippen MR) is 145 cm³/mol. The number of carbonyl (C=O) groups is 1. The highest BCUT2D eigenvalue weighted by Crippen LogP contribution is 2.55. The molecule has 3 saturated carbocycles. The lowest BCUT2D eigenvalue weighted by atomic mass is 9.63. The molecule has 3 aliphatic carbocycles. The number of rotatable bonds is 8. The van der Waals surface area contributed by atoms with Crippen LogP contribution in [0.1, 0.15) is 79.2 Å². The van der Waals surface area contributed by atoms with Crippen LogP contribution in [0.15, 0.2) is 22.5 Å². The molecule has 0 amide bonds. The minimum absolute atomic E-state index is 0.0238. The number of fused-ring (bicyclic) bond motifs is 4. The minimum atomic E-state index is -5.00. The Balaban J connectivity index is 1.65. The highest BCUT2D eigenvalue weighted by Gasteiger charge is 2.54. The van der Waals surface area contributed by atoms with Crippen LogP contribution in [0, 0.1) is 0 Å². The fraction of sp³-hybridized carbons (Fsp3) is 0.630. The topological polar surface area (TPSA) is 100 Å². The first-order valence-electron chi connectivity index (χ1n) is 13.7. The van der Waals surface area contributed by atoms with Crippen molar-refractivity contribution < 1.29 is 49.4 Å². The zero-order valence-corrected chi connectivity index (χ0v) is 25.0. The normalized spacial score (nSPS) is 27.5. The molecule has 0 spiro atoms. The standard InChI is InChI=1S/C27H31F6N3O5S2/c1-24(28,29)4-3-16-13-36(26-8-5-25(30,6-9-26)7-10-26)18-11-17(27(31,32)33)19(12-21(18)43(39,40)35(16)2)41-14-20-22(23(37)38)34-15-42-20/h11-12,15-16H,3-10,13-14H2,1-2H3,(H,37,38)/t16-,25?,26?/m1/s1. The Hall–Kier alpha value is -2.59. The first-order chi connectivity index (χ1) is 19.9. The van der Waals surface area contributed by atoms with Crippen LogP contribution in [0.25, 0.3) is 0 Å². The Morgan fingerprint density at radius 1 is 1.14 bits per heavy atom. The number of benzene rings is 1. The maximum absolute atomic E-state index is 15.1. The summed E-state index contributed by atoms with van der Waals surface area (Å²) in [4.78, 5) is 16.2. The van der Waals surface area contributed by atoms with Gasteiger partial charge >= 0.3 is 12.1 Å². The van der Waals surface area contributed by atoms with E-state index in [9.17, 15) is 40.3 Å². The summed E-state index contributed by atoms with van der Waals surface area (Å²) in [6.45, 7) is -0.0620. The lowest BCUT2D eigenvalue weighted by Crippen LogP contribution is -2.60. The van der Waals surface area contributed by atoms with E-state index in [2.05, 4.69) is 4.98 Å². The third-order valence-corrected chi connectivity index (χ3v) is 11.8. The van der Waals surface area contributed by atoms with Crippen molar-refractivity contribution in [1.82, 2.24) is 9.29 Å². The lowest BCUT2D eigenvalue weighted by Gasteiger charge is -2.56. The molecule has 0 saturated heterocycles. The Morgan fingerprint density at radius 3 is 2.33 bits per heavy atom. The van der Waals surface area contributed by atoms with Gasteiger partial charge in [0.1, 0.15) is 22.9 Å². The number of halogens is 6. The molecule has 4 aliphatic rings. The van der Waals surface area contributed by atoms with Gasteiger partial charge in [-0.3, -0.25) is 0 Å². The van der Waals surface area contributed by atoms with E-state index in [-0.39, 0.29) is 62.1 Å². The fourth-order valence-electron chi connectivity index (χ4n) is 6.44. The van der Waals surface area contributed by atoms with Gasteiger partial charge < -0.3 is 14.7 Å². The zero-order valence-electron chi connectivity index (χ0n) is 23.4. The third kappa shape index (κ3) is 6.06. The number of hydrogen-bond donors (Lipinski definition) is 1. The van der Waals surface area contributed by atoms with Gasteiger partial charge in [-0.05, 0) is 57.9 Å². The molecule has 1 aliphatic heterocycles. The van der Waals surface area contributed by atoms with Crippen molar-refractivity contribution in [3.63, 3.8) is 0 Å². The van der Waals surface area contributed by atoms with Crippen LogP contribution in [0.2, 0.25) is 0 Å². The molecular weight excluding hydrogens is 624 g/mol. The maximum atomic E-state index is 15.1. The number of thiazole rings is 1. The van der Waals surface area contributed by atoms with Gasteiger partial charge in [-0.15, -0.1) is 11.3 Å². The number of nitrogens with zero attached hydrogens (tertiary/aromatic N) is 3. The molecule has 1 atom stereocenters. The minimum Gasteiger partial charge on any atom is -0.487 e. The van der Waals surface area contributed by atoms with Gasteiger partial charge in [-0.2, -0.15) is 17.5 Å². The molecule has 0 radical (unpaired) electrons. The van der Waals surface area contributed by atoms with E-state index in [1.165, 1.54) is 12.6 Å². The van der Waals surface area contributed by atoms with Crippen LogP contribution in [-0.2, 0) is 22.8 Å². The predicted octanol–water partition coefficient (Wildman–Crippen LogP) is 6.50. The van der Waals surface area contributed by atoms with Crippen molar-refractivity contribution in [3.05, 3.63) is 33.8 Å². The van der Waals surface area contributed by atoms with Crippen molar-refractivity contribution in [2.75, 3.05) is 18.5 Å². The van der Waals surface area contributed by atoms with Crippen molar-refractivity contribution in [1.29, 1.82) is 0 Å². The van der Waals surface area contributed by atoms with Crippen LogP contribution < -0.4 is 9.64 Å². The van der Waals surface area contributed by atoms with Crippen molar-refractivity contribution in [2.45, 2.75) is 99.1 Å². The van der Waals surface area contributed by atoms with E-state index in [1.807, 2.05) is 0 Å². The third-order valence-electron chi connectivity index (χ3n) is 9.03. The van der Waals surface area contributed by atoms with Crippen molar-refractivity contribution in [3.8, 4) is 5.75 Å². The quantitative estimate of drug-likeness (QED) is 0.324. The Bertz CT molecular complexity index is 1480. The summed E-state index contributed by atoms with van der Waals surface area (Å²) in [5.74, 6) is -5.34. The number of likely N-dealkylation sites (N-methyl/N-ethyl adjacent to an activating group) is 1. The molecule has 6 rings (SSSR count). The monoisotopic (exact) mass is 655 g/mol. The molecule has 2 bridgehead atoms. The first-order valence-corrected chi connectivity index (χ1v) is 16.0. The van der Waals surface area contributed by atoms with Gasteiger partial charge in [-0.25, -0.2) is 31.4 Å². The summed E-state index contributed by atoms with van der Waals surface area (Å²) in [6.07, 6.45) is -4.62. The second-order valence-corrected chi connectivity index (χ2v) is 14.7. The van der Waals surface area contributed by atoms with Crippen LogP contribution in [-0.4, -0.2) is 65.5 Å². The Kier molecular flexibility index (Phi) is 7.98. The van der Waals surface area contributed by atoms with E-state index >= 15 is 4.39 Å². The number of anilines is 1. The second kappa shape index (κ2) is 10.8. The number of hydrogen-bond acceptors (Lipinski definition) is 7. The maximum Gasteiger partial charge on any atom is 0.420 e.